The van der Waals surface area contributed by atoms with Gasteiger partial charge in [-0.05, 0) is 31.9 Å². The summed E-state index contributed by atoms with van der Waals surface area (Å²) in [5.74, 6) is 0. The Balaban J connectivity index is 2.27. The van der Waals surface area contributed by atoms with Crippen LogP contribution in [0.15, 0.2) is 12.1 Å². The maximum absolute atomic E-state index is 6.15. The predicted molar refractivity (Wildman–Crippen MR) is 71.4 cm³/mol. The fourth-order valence-corrected chi connectivity index (χ4v) is 2.89. The van der Waals surface area contributed by atoms with Crippen molar-refractivity contribution in [3.05, 3.63) is 22.2 Å². The third-order valence-electron chi connectivity index (χ3n) is 3.20. The predicted octanol–water partition coefficient (Wildman–Crippen LogP) is 4.32. The molecule has 2 rings (SSSR count). The van der Waals surface area contributed by atoms with Gasteiger partial charge in [0.15, 0.2) is 0 Å². The van der Waals surface area contributed by atoms with Gasteiger partial charge < -0.3 is 11.1 Å². The minimum atomic E-state index is 0.114. The van der Waals surface area contributed by atoms with Crippen molar-refractivity contribution in [2.75, 3.05) is 11.1 Å². The summed E-state index contributed by atoms with van der Waals surface area (Å²) in [5, 5.41) is 4.65. The minimum absolute atomic E-state index is 0.114. The van der Waals surface area contributed by atoms with Crippen LogP contribution in [0.5, 0.6) is 0 Å². The maximum atomic E-state index is 6.15. The zero-order valence-electron chi connectivity index (χ0n) is 9.32. The van der Waals surface area contributed by atoms with E-state index in [4.69, 9.17) is 28.9 Å². The largest absolute Gasteiger partial charge is 0.399 e. The average molecular weight is 259 g/mol. The summed E-state index contributed by atoms with van der Waals surface area (Å²) in [4.78, 5) is 0. The highest BCUT2D eigenvalue weighted by Gasteiger charge is 2.29. The van der Waals surface area contributed by atoms with E-state index in [0.717, 1.165) is 18.5 Å². The molecular weight excluding hydrogens is 243 g/mol. The second-order valence-corrected chi connectivity index (χ2v) is 5.57. The highest BCUT2D eigenvalue weighted by atomic mass is 35.5. The first-order valence-corrected chi connectivity index (χ1v) is 6.28. The van der Waals surface area contributed by atoms with Gasteiger partial charge in [0.2, 0.25) is 0 Å². The molecule has 1 aliphatic rings. The fourth-order valence-electron chi connectivity index (χ4n) is 2.29. The molecule has 1 aromatic rings. The Hall–Kier alpha value is -0.600. The molecule has 16 heavy (non-hydrogen) atoms. The second kappa shape index (κ2) is 4.34. The van der Waals surface area contributed by atoms with E-state index >= 15 is 0 Å². The van der Waals surface area contributed by atoms with Crippen LogP contribution >= 0.6 is 23.2 Å². The Kier molecular flexibility index (Phi) is 3.22. The van der Waals surface area contributed by atoms with Gasteiger partial charge in [0, 0.05) is 11.2 Å². The van der Waals surface area contributed by atoms with Crippen molar-refractivity contribution >= 4 is 34.6 Å². The van der Waals surface area contributed by atoms with Crippen LogP contribution in [0.3, 0.4) is 0 Å². The lowest BCUT2D eigenvalue weighted by Gasteiger charge is -2.28. The monoisotopic (exact) mass is 258 g/mol. The first-order chi connectivity index (χ1) is 7.50. The molecule has 0 unspecified atom stereocenters. The summed E-state index contributed by atoms with van der Waals surface area (Å²) < 4.78 is 0. The van der Waals surface area contributed by atoms with E-state index in [2.05, 4.69) is 12.2 Å². The summed E-state index contributed by atoms with van der Waals surface area (Å²) in [6, 6.07) is 3.46. The molecule has 0 radical (unpaired) electrons. The quantitative estimate of drug-likeness (QED) is 0.776. The Bertz CT molecular complexity index is 375. The van der Waals surface area contributed by atoms with Crippen LogP contribution in [0.2, 0.25) is 10.0 Å². The number of rotatable bonds is 2. The molecule has 0 spiro atoms. The Morgan fingerprint density at radius 2 is 1.69 bits per heavy atom. The first-order valence-electron chi connectivity index (χ1n) is 5.53. The van der Waals surface area contributed by atoms with Gasteiger partial charge in [-0.25, -0.2) is 0 Å². The number of nitrogens with two attached hydrogens (primary N) is 1. The van der Waals surface area contributed by atoms with E-state index in [1.807, 2.05) is 0 Å². The molecule has 1 aliphatic carbocycles. The molecule has 88 valence electrons. The number of halogens is 2. The molecule has 0 saturated heterocycles. The summed E-state index contributed by atoms with van der Waals surface area (Å²) in [5.41, 5.74) is 7.19. The second-order valence-electron chi connectivity index (χ2n) is 4.75. The van der Waals surface area contributed by atoms with Crippen molar-refractivity contribution in [1.29, 1.82) is 0 Å². The van der Waals surface area contributed by atoms with Crippen LogP contribution < -0.4 is 11.1 Å². The molecule has 0 aromatic heterocycles. The summed E-state index contributed by atoms with van der Waals surface area (Å²) >= 11 is 12.3. The SMILES string of the molecule is CC1(Nc2c(Cl)cc(N)cc2Cl)CCCC1. The number of benzene rings is 1. The molecule has 1 saturated carbocycles. The Morgan fingerprint density at radius 1 is 1.19 bits per heavy atom. The van der Waals surface area contributed by atoms with Crippen molar-refractivity contribution in [2.24, 2.45) is 0 Å². The zero-order chi connectivity index (χ0) is 11.8. The Labute approximate surface area is 106 Å². The highest BCUT2D eigenvalue weighted by Crippen LogP contribution is 2.39. The molecule has 1 fully saturated rings. The number of anilines is 2. The van der Waals surface area contributed by atoms with Crippen LogP contribution in [0, 0.1) is 0 Å². The van der Waals surface area contributed by atoms with E-state index in [1.54, 1.807) is 12.1 Å². The van der Waals surface area contributed by atoms with Crippen LogP contribution in [0.1, 0.15) is 32.6 Å². The topological polar surface area (TPSA) is 38.0 Å². The lowest BCUT2D eigenvalue weighted by Crippen LogP contribution is -2.31. The van der Waals surface area contributed by atoms with Gasteiger partial charge in [0.05, 0.1) is 15.7 Å². The average Bonchev–Trinajstić information content (AvgIpc) is 2.59. The normalized spacial score (nSPS) is 18.7. The van der Waals surface area contributed by atoms with Crippen molar-refractivity contribution in [3.63, 3.8) is 0 Å². The van der Waals surface area contributed by atoms with E-state index in [0.29, 0.717) is 15.7 Å². The molecule has 0 bridgehead atoms. The van der Waals surface area contributed by atoms with Crippen molar-refractivity contribution in [1.82, 2.24) is 0 Å². The molecule has 3 N–H and O–H groups in total. The van der Waals surface area contributed by atoms with E-state index in [-0.39, 0.29) is 5.54 Å². The first kappa shape index (κ1) is 11.9. The summed E-state index contributed by atoms with van der Waals surface area (Å²) in [7, 11) is 0. The molecule has 0 aliphatic heterocycles. The van der Waals surface area contributed by atoms with E-state index in [1.165, 1.54) is 12.8 Å². The third-order valence-corrected chi connectivity index (χ3v) is 3.79. The van der Waals surface area contributed by atoms with Crippen LogP contribution in [0.4, 0.5) is 11.4 Å². The molecule has 4 heteroatoms. The molecule has 0 heterocycles. The lowest BCUT2D eigenvalue weighted by molar-refractivity contribution is 0.533. The molecular formula is C12H16Cl2N2. The van der Waals surface area contributed by atoms with Crippen LogP contribution in [-0.2, 0) is 0 Å². The highest BCUT2D eigenvalue weighted by molar-refractivity contribution is 6.39. The third kappa shape index (κ3) is 2.38. The molecule has 2 nitrogen and oxygen atoms in total. The Morgan fingerprint density at radius 3 is 2.19 bits per heavy atom. The fraction of sp³-hybridized carbons (Fsp3) is 0.500. The van der Waals surface area contributed by atoms with Gasteiger partial charge >= 0.3 is 0 Å². The minimum Gasteiger partial charge on any atom is -0.399 e. The van der Waals surface area contributed by atoms with Gasteiger partial charge in [-0.2, -0.15) is 0 Å². The summed E-state index contributed by atoms with van der Waals surface area (Å²) in [6.07, 6.45) is 4.83. The van der Waals surface area contributed by atoms with Gasteiger partial charge in [-0.3, -0.25) is 0 Å². The maximum Gasteiger partial charge on any atom is 0.0724 e. The van der Waals surface area contributed by atoms with Gasteiger partial charge in [0.1, 0.15) is 0 Å². The smallest absolute Gasteiger partial charge is 0.0724 e. The number of nitrogens with one attached hydrogen (secondary N) is 1. The van der Waals surface area contributed by atoms with Crippen molar-refractivity contribution < 1.29 is 0 Å². The number of hydrogen-bond donors (Lipinski definition) is 2. The number of nitrogen functional groups attached to an aromatic ring is 1. The summed E-state index contributed by atoms with van der Waals surface area (Å²) in [6.45, 7) is 2.21. The lowest BCUT2D eigenvalue weighted by atomic mass is 10.0. The van der Waals surface area contributed by atoms with Gasteiger partial charge in [-0.15, -0.1) is 0 Å². The zero-order valence-corrected chi connectivity index (χ0v) is 10.8. The van der Waals surface area contributed by atoms with E-state index < -0.39 is 0 Å². The number of hydrogen-bond acceptors (Lipinski definition) is 2. The van der Waals surface area contributed by atoms with E-state index in [9.17, 15) is 0 Å². The molecule has 0 atom stereocenters. The standard InChI is InChI=1S/C12H16Cl2N2/c1-12(4-2-3-5-12)16-11-9(13)6-8(15)7-10(11)14/h6-7,16H,2-5,15H2,1H3. The van der Waals surface area contributed by atoms with Crippen molar-refractivity contribution in [3.8, 4) is 0 Å². The van der Waals surface area contributed by atoms with Crippen LogP contribution in [0.25, 0.3) is 0 Å². The molecule has 0 amide bonds. The molecule has 1 aromatic carbocycles. The van der Waals surface area contributed by atoms with Gasteiger partial charge in [-0.1, -0.05) is 36.0 Å². The van der Waals surface area contributed by atoms with Crippen LogP contribution in [-0.4, -0.2) is 5.54 Å². The van der Waals surface area contributed by atoms with Gasteiger partial charge in [0.25, 0.3) is 0 Å². The van der Waals surface area contributed by atoms with Crippen molar-refractivity contribution in [2.45, 2.75) is 38.1 Å².